The van der Waals surface area contributed by atoms with Crippen molar-refractivity contribution in [3.63, 3.8) is 0 Å². The van der Waals surface area contributed by atoms with E-state index in [1.54, 1.807) is 46.5 Å². The van der Waals surface area contributed by atoms with Crippen molar-refractivity contribution >= 4 is 49.1 Å². The second-order valence-corrected chi connectivity index (χ2v) is 18.9. The summed E-state index contributed by atoms with van der Waals surface area (Å²) in [5.74, 6) is 0. The van der Waals surface area contributed by atoms with Gasteiger partial charge in [-0.1, -0.05) is 79.5 Å². The highest BCUT2D eigenvalue weighted by Gasteiger charge is 2.37. The number of hydrogen-bond donors (Lipinski definition) is 0. The van der Waals surface area contributed by atoms with Gasteiger partial charge in [-0.25, -0.2) is 21.6 Å². The lowest BCUT2D eigenvalue weighted by Gasteiger charge is -2.41. The van der Waals surface area contributed by atoms with Crippen molar-refractivity contribution in [1.82, 2.24) is 8.61 Å². The number of anilines is 2. The maximum atomic E-state index is 13.1. The van der Waals surface area contributed by atoms with Gasteiger partial charge in [0.15, 0.2) is 0 Å². The van der Waals surface area contributed by atoms with E-state index >= 15 is 0 Å². The molecule has 4 aliphatic rings. The number of ether oxygens (including phenoxy) is 2. The Morgan fingerprint density at radius 1 is 0.696 bits per heavy atom. The van der Waals surface area contributed by atoms with Gasteiger partial charge in [-0.3, -0.25) is 4.90 Å². The highest BCUT2D eigenvalue weighted by Crippen LogP contribution is 2.35. The number of cyclic esters (lactones) is 1. The van der Waals surface area contributed by atoms with Gasteiger partial charge in [0.1, 0.15) is 13.3 Å². The Balaban J connectivity index is 0.000000172. The fourth-order valence-electron chi connectivity index (χ4n) is 8.07. The number of piperidine rings is 2. The molecule has 0 spiro atoms. The van der Waals surface area contributed by atoms with Crippen LogP contribution in [0.1, 0.15) is 61.3 Å². The first-order valence-electron chi connectivity index (χ1n) is 19.3. The number of carbonyl (C=O) groups excluding carboxylic acids is 1. The first-order chi connectivity index (χ1) is 27.0. The third-order valence-electron chi connectivity index (χ3n) is 11.2. The molecule has 4 aromatic rings. The molecule has 1 amide bonds. The van der Waals surface area contributed by atoms with Crippen LogP contribution in [0.5, 0.6) is 0 Å². The molecule has 4 heterocycles. The van der Waals surface area contributed by atoms with Crippen LogP contribution in [0.3, 0.4) is 0 Å². The number of rotatable bonds is 8. The summed E-state index contributed by atoms with van der Waals surface area (Å²) in [5.41, 5.74) is 6.00. The van der Waals surface area contributed by atoms with E-state index < -0.39 is 20.0 Å². The van der Waals surface area contributed by atoms with Crippen LogP contribution in [0.4, 0.5) is 16.2 Å². The zero-order valence-corrected chi connectivity index (χ0v) is 34.2. The highest BCUT2D eigenvalue weighted by atomic mass is 35.5. The summed E-state index contributed by atoms with van der Waals surface area (Å²) < 4.78 is 66.3. The second-order valence-electron chi connectivity index (χ2n) is 14.7. The summed E-state index contributed by atoms with van der Waals surface area (Å²) in [6, 6.07) is 28.4. The molecule has 11 nitrogen and oxygen atoms in total. The minimum atomic E-state index is -3.53. The third-order valence-corrected chi connectivity index (χ3v) is 15.5. The molecule has 8 rings (SSSR count). The van der Waals surface area contributed by atoms with Crippen molar-refractivity contribution < 1.29 is 31.1 Å². The van der Waals surface area contributed by atoms with Crippen LogP contribution in [0.2, 0.25) is 5.02 Å². The number of fused-ring (bicyclic) bond motifs is 2. The fourth-order valence-corrected chi connectivity index (χ4v) is 11.5. The van der Waals surface area contributed by atoms with Crippen LogP contribution >= 0.6 is 11.6 Å². The molecule has 0 aliphatic carbocycles. The number of sulfonamides is 2. The van der Waals surface area contributed by atoms with Crippen molar-refractivity contribution in [3.05, 3.63) is 118 Å². The number of halogens is 1. The van der Waals surface area contributed by atoms with Crippen LogP contribution in [0.15, 0.2) is 101 Å². The zero-order chi connectivity index (χ0) is 39.5. The van der Waals surface area contributed by atoms with Gasteiger partial charge in [0, 0.05) is 60.1 Å². The molecule has 2 saturated heterocycles. The lowest BCUT2D eigenvalue weighted by molar-refractivity contribution is 0.0988. The van der Waals surface area contributed by atoms with Gasteiger partial charge in [0.05, 0.1) is 22.1 Å². The first kappa shape index (κ1) is 40.2. The molecule has 0 N–H and O–H groups in total. The number of hydrogen-bond acceptors (Lipinski definition) is 8. The summed E-state index contributed by atoms with van der Waals surface area (Å²) in [6.07, 6.45) is 4.33. The van der Waals surface area contributed by atoms with Crippen LogP contribution in [0, 0.1) is 6.92 Å². The standard InChI is InChI=1S/C22H26N2O4S.C20H23ClN2O3S/c1-2-5-17-8-10-20(11-9-17)29(26,27)23-14-12-19(13-15-23)24-21-7-4-3-6-18(21)16-28-22(24)25;1-15-18(21)6-4-8-20(15)27(24,25)22-11-9-17(10-12-22)23-14-26-13-16-5-2-3-7-19(16)23/h3-4,6-11,19H,2,5,12-16H2,1H3;2-8,17H,9-14H2,1H3. The molecule has 0 saturated carbocycles. The van der Waals surface area contributed by atoms with Crippen molar-refractivity contribution in [1.29, 1.82) is 0 Å². The minimum Gasteiger partial charge on any atom is -0.444 e. The summed E-state index contributed by atoms with van der Waals surface area (Å²) in [7, 11) is -7.05. The van der Waals surface area contributed by atoms with E-state index in [4.69, 9.17) is 21.1 Å². The molecule has 0 atom stereocenters. The largest absolute Gasteiger partial charge is 0.444 e. The second kappa shape index (κ2) is 17.3. The summed E-state index contributed by atoms with van der Waals surface area (Å²) >= 11 is 6.13. The lowest BCUT2D eigenvalue weighted by atomic mass is 10.0. The number of aryl methyl sites for hydroxylation is 1. The van der Waals surface area contributed by atoms with Crippen molar-refractivity contribution in [2.24, 2.45) is 0 Å². The Morgan fingerprint density at radius 2 is 1.29 bits per heavy atom. The van der Waals surface area contributed by atoms with Crippen molar-refractivity contribution in [2.45, 2.75) is 87.5 Å². The number of para-hydroxylation sites is 2. The summed E-state index contributed by atoms with van der Waals surface area (Å²) in [6.45, 7) is 7.10. The Morgan fingerprint density at radius 3 is 1.95 bits per heavy atom. The van der Waals surface area contributed by atoms with Gasteiger partial charge in [0.2, 0.25) is 20.0 Å². The van der Waals surface area contributed by atoms with Gasteiger partial charge in [-0.2, -0.15) is 8.61 Å². The Bertz CT molecular complexity index is 2240. The Labute approximate surface area is 335 Å². The van der Waals surface area contributed by atoms with Crippen LogP contribution in [0.25, 0.3) is 0 Å². The van der Waals surface area contributed by atoms with E-state index in [9.17, 15) is 21.6 Å². The number of nitrogens with zero attached hydrogens (tertiary/aromatic N) is 4. The van der Waals surface area contributed by atoms with Crippen LogP contribution < -0.4 is 9.80 Å². The molecular formula is C42H49ClN4O7S2. The molecule has 0 radical (unpaired) electrons. The SMILES string of the molecule is CCCc1ccc(S(=O)(=O)N2CCC(N3C(=O)OCc4ccccc43)CC2)cc1.Cc1c(Cl)cccc1S(=O)(=O)N1CCC(N2COCc3ccccc32)CC1. The quantitative estimate of drug-likeness (QED) is 0.177. The molecule has 4 aromatic carbocycles. The smallest absolute Gasteiger partial charge is 0.414 e. The first-order valence-corrected chi connectivity index (χ1v) is 22.6. The van der Waals surface area contributed by atoms with Gasteiger partial charge in [0.25, 0.3) is 0 Å². The topological polar surface area (TPSA) is 117 Å². The molecular weight excluding hydrogens is 772 g/mol. The van der Waals surface area contributed by atoms with E-state index in [2.05, 4.69) is 24.0 Å². The number of amides is 1. The summed E-state index contributed by atoms with van der Waals surface area (Å²) in [5, 5.41) is 0.480. The molecule has 0 aromatic heterocycles. The van der Waals surface area contributed by atoms with E-state index in [-0.39, 0.29) is 24.8 Å². The average molecular weight is 821 g/mol. The molecule has 14 heteroatoms. The van der Waals surface area contributed by atoms with E-state index in [1.807, 2.05) is 48.5 Å². The van der Waals surface area contributed by atoms with E-state index in [0.717, 1.165) is 42.5 Å². The minimum absolute atomic E-state index is 0.0673. The van der Waals surface area contributed by atoms with Gasteiger partial charge in [-0.05, 0) is 86.6 Å². The predicted octanol–water partition coefficient (Wildman–Crippen LogP) is 7.74. The van der Waals surface area contributed by atoms with Crippen LogP contribution in [-0.2, 0) is 49.2 Å². The molecule has 2 fully saturated rings. The summed E-state index contributed by atoms with van der Waals surface area (Å²) in [4.78, 5) is 17.0. The third kappa shape index (κ3) is 8.34. The van der Waals surface area contributed by atoms with Crippen LogP contribution in [-0.4, -0.2) is 76.5 Å². The van der Waals surface area contributed by atoms with Crippen molar-refractivity contribution in [2.75, 3.05) is 42.7 Å². The Kier molecular flexibility index (Phi) is 12.4. The molecule has 4 aliphatic heterocycles. The Hall–Kier alpha value is -3.98. The molecule has 298 valence electrons. The van der Waals surface area contributed by atoms with Gasteiger partial charge in [-0.15, -0.1) is 0 Å². The van der Waals surface area contributed by atoms with Crippen molar-refractivity contribution in [3.8, 4) is 0 Å². The fraction of sp³-hybridized carbons (Fsp3) is 0.405. The van der Waals surface area contributed by atoms with Gasteiger partial charge >= 0.3 is 6.09 Å². The number of benzene rings is 4. The predicted molar refractivity (Wildman–Crippen MR) is 218 cm³/mol. The zero-order valence-electron chi connectivity index (χ0n) is 31.8. The number of carbonyl (C=O) groups is 1. The maximum Gasteiger partial charge on any atom is 0.414 e. The average Bonchev–Trinajstić information content (AvgIpc) is 3.22. The maximum absolute atomic E-state index is 13.1. The lowest BCUT2D eigenvalue weighted by Crippen LogP contribution is -2.50. The molecule has 56 heavy (non-hydrogen) atoms. The monoisotopic (exact) mass is 820 g/mol. The molecule has 0 bridgehead atoms. The van der Waals surface area contributed by atoms with E-state index in [1.165, 1.54) is 15.6 Å². The normalized spacial score (nSPS) is 18.7. The van der Waals surface area contributed by atoms with E-state index in [0.29, 0.717) is 72.7 Å². The molecule has 0 unspecified atom stereocenters. The highest BCUT2D eigenvalue weighted by molar-refractivity contribution is 7.89. The van der Waals surface area contributed by atoms with Gasteiger partial charge < -0.3 is 14.4 Å².